The van der Waals surface area contributed by atoms with Crippen molar-refractivity contribution in [3.63, 3.8) is 0 Å². The number of rotatable bonds is 5. The van der Waals surface area contributed by atoms with E-state index in [4.69, 9.17) is 4.74 Å². The molecule has 190 valence electrons. The van der Waals surface area contributed by atoms with E-state index in [0.29, 0.717) is 40.7 Å². The highest BCUT2D eigenvalue weighted by atomic mass is 19.1. The van der Waals surface area contributed by atoms with Gasteiger partial charge in [0.15, 0.2) is 5.82 Å². The van der Waals surface area contributed by atoms with Crippen LogP contribution in [-0.2, 0) is 23.0 Å². The predicted octanol–water partition coefficient (Wildman–Crippen LogP) is 3.24. The lowest BCUT2D eigenvalue weighted by Gasteiger charge is -2.35. The number of carbonyl (C=O) groups is 3. The lowest BCUT2D eigenvalue weighted by Crippen LogP contribution is -2.39. The van der Waals surface area contributed by atoms with Gasteiger partial charge in [-0.05, 0) is 77.9 Å². The van der Waals surface area contributed by atoms with Gasteiger partial charge in [-0.3, -0.25) is 14.5 Å². The summed E-state index contributed by atoms with van der Waals surface area (Å²) in [4.78, 5) is 40.1. The van der Waals surface area contributed by atoms with Gasteiger partial charge in [0.2, 0.25) is 0 Å². The molecule has 38 heavy (non-hydrogen) atoms. The molecule has 3 aromatic carbocycles. The van der Waals surface area contributed by atoms with Gasteiger partial charge in [-0.1, -0.05) is 29.5 Å². The standard InChI is InChI=1S/C28H22FN5O4/c1-38-26(37)18-9-8-16-6-7-17-10-11-19(29)15-23(17)28(22(16)14-18,27-30-32-33-31-27)12-13-34-24(35)20-4-2-3-5-21(20)25(34)36/h2-5,8-11,14-15H,6-7,12-13H2,1H3,(H,30,31,32,33). The van der Waals surface area contributed by atoms with Gasteiger partial charge < -0.3 is 4.74 Å². The summed E-state index contributed by atoms with van der Waals surface area (Å²) in [6.45, 7) is -0.00126. The second kappa shape index (κ2) is 8.98. The number of nitrogens with one attached hydrogen (secondary N) is 1. The summed E-state index contributed by atoms with van der Waals surface area (Å²) < 4.78 is 19.8. The molecule has 2 heterocycles. The van der Waals surface area contributed by atoms with E-state index >= 15 is 0 Å². The first-order valence-electron chi connectivity index (χ1n) is 12.1. The SMILES string of the molecule is COC(=O)c1ccc2c(c1)C(CCN1C(=O)c3ccccc3C1=O)(c1nn[nH]n1)c1cc(F)ccc1CC2. The molecule has 2 amide bonds. The van der Waals surface area contributed by atoms with Crippen LogP contribution in [0.4, 0.5) is 4.39 Å². The van der Waals surface area contributed by atoms with Gasteiger partial charge in [0.05, 0.1) is 29.2 Å². The molecule has 4 aromatic rings. The summed E-state index contributed by atoms with van der Waals surface area (Å²) in [5.74, 6) is -1.54. The maximum atomic E-state index is 14.8. The number of tetrazole rings is 1. The van der Waals surface area contributed by atoms with E-state index < -0.39 is 29.0 Å². The molecule has 0 fully saturated rings. The Morgan fingerprint density at radius 2 is 1.66 bits per heavy atom. The smallest absolute Gasteiger partial charge is 0.337 e. The number of benzene rings is 3. The van der Waals surface area contributed by atoms with Crippen molar-refractivity contribution in [2.45, 2.75) is 24.7 Å². The Labute approximate surface area is 216 Å². The van der Waals surface area contributed by atoms with Crippen molar-refractivity contribution < 1.29 is 23.5 Å². The average Bonchev–Trinajstić information content (AvgIpc) is 3.53. The molecule has 10 heteroatoms. The van der Waals surface area contributed by atoms with E-state index in [1.807, 2.05) is 6.07 Å². The van der Waals surface area contributed by atoms with E-state index in [1.165, 1.54) is 24.1 Å². The highest BCUT2D eigenvalue weighted by Gasteiger charge is 2.46. The van der Waals surface area contributed by atoms with Crippen molar-refractivity contribution in [1.82, 2.24) is 25.5 Å². The topological polar surface area (TPSA) is 118 Å². The maximum Gasteiger partial charge on any atom is 0.337 e. The van der Waals surface area contributed by atoms with E-state index in [-0.39, 0.29) is 18.8 Å². The zero-order chi connectivity index (χ0) is 26.4. The van der Waals surface area contributed by atoms with Crippen LogP contribution < -0.4 is 0 Å². The predicted molar refractivity (Wildman–Crippen MR) is 132 cm³/mol. The Morgan fingerprint density at radius 3 is 2.29 bits per heavy atom. The van der Waals surface area contributed by atoms with Gasteiger partial charge >= 0.3 is 5.97 Å². The summed E-state index contributed by atoms with van der Waals surface area (Å²) in [5.41, 5.74) is 2.79. The monoisotopic (exact) mass is 511 g/mol. The minimum Gasteiger partial charge on any atom is -0.465 e. The first-order chi connectivity index (χ1) is 18.4. The molecule has 1 atom stereocenters. The second-order valence-electron chi connectivity index (χ2n) is 9.36. The molecule has 1 N–H and O–H groups in total. The van der Waals surface area contributed by atoms with Gasteiger partial charge in [0.25, 0.3) is 11.8 Å². The van der Waals surface area contributed by atoms with E-state index in [2.05, 4.69) is 20.6 Å². The number of halogens is 1. The number of carbonyl (C=O) groups excluding carboxylic acids is 3. The number of aromatic amines is 1. The molecule has 0 saturated heterocycles. The third-order valence-electron chi connectivity index (χ3n) is 7.50. The molecule has 0 bridgehead atoms. The summed E-state index contributed by atoms with van der Waals surface area (Å²) in [6.07, 6.45) is 1.35. The van der Waals surface area contributed by atoms with Gasteiger partial charge in [-0.15, -0.1) is 10.2 Å². The van der Waals surface area contributed by atoms with Crippen molar-refractivity contribution >= 4 is 17.8 Å². The van der Waals surface area contributed by atoms with E-state index in [9.17, 15) is 18.8 Å². The Morgan fingerprint density at radius 1 is 1.00 bits per heavy atom. The number of fused-ring (bicyclic) bond motifs is 3. The highest BCUT2D eigenvalue weighted by Crippen LogP contribution is 2.46. The van der Waals surface area contributed by atoms with Crippen molar-refractivity contribution in [3.8, 4) is 0 Å². The van der Waals surface area contributed by atoms with Crippen LogP contribution in [0.5, 0.6) is 0 Å². The molecular formula is C28H22FN5O4. The molecule has 0 radical (unpaired) electrons. The average molecular weight is 512 g/mol. The number of imide groups is 1. The number of ether oxygens (including phenoxy) is 1. The molecular weight excluding hydrogens is 489 g/mol. The largest absolute Gasteiger partial charge is 0.465 e. The number of nitrogens with zero attached hydrogens (tertiary/aromatic N) is 4. The normalized spacial score (nSPS) is 18.0. The Hall–Kier alpha value is -4.73. The van der Waals surface area contributed by atoms with Crippen molar-refractivity contribution in [1.29, 1.82) is 0 Å². The molecule has 9 nitrogen and oxygen atoms in total. The van der Waals surface area contributed by atoms with Gasteiger partial charge in [-0.2, -0.15) is 5.21 Å². The minimum absolute atomic E-state index is 0.00126. The lowest BCUT2D eigenvalue weighted by molar-refractivity contribution is 0.0598. The Kier molecular flexibility index (Phi) is 5.59. The van der Waals surface area contributed by atoms with Crippen LogP contribution in [0.15, 0.2) is 60.7 Å². The van der Waals surface area contributed by atoms with Gasteiger partial charge in [0, 0.05) is 6.54 Å². The first kappa shape index (κ1) is 23.7. The number of hydrogen-bond donors (Lipinski definition) is 1. The van der Waals surface area contributed by atoms with Crippen LogP contribution in [-0.4, -0.2) is 57.0 Å². The van der Waals surface area contributed by atoms with Crippen molar-refractivity contribution in [3.05, 3.63) is 111 Å². The molecule has 0 saturated carbocycles. The molecule has 1 unspecified atom stereocenters. The Balaban J connectivity index is 1.56. The molecule has 1 aliphatic heterocycles. The maximum absolute atomic E-state index is 14.8. The summed E-state index contributed by atoms with van der Waals surface area (Å²) >= 11 is 0. The third kappa shape index (κ3) is 3.52. The second-order valence-corrected chi connectivity index (χ2v) is 9.36. The number of hydrogen-bond acceptors (Lipinski definition) is 7. The van der Waals surface area contributed by atoms with Gasteiger partial charge in [0.1, 0.15) is 5.82 Å². The fourth-order valence-electron chi connectivity index (χ4n) is 5.70. The summed E-state index contributed by atoms with van der Waals surface area (Å²) in [5, 5.41) is 14.9. The number of aromatic nitrogens is 4. The zero-order valence-corrected chi connectivity index (χ0v) is 20.4. The number of H-pyrrole nitrogens is 1. The van der Waals surface area contributed by atoms with Crippen LogP contribution in [0.3, 0.4) is 0 Å². The summed E-state index contributed by atoms with van der Waals surface area (Å²) in [6, 6.07) is 16.5. The molecule has 2 aliphatic rings. The van der Waals surface area contributed by atoms with Crippen LogP contribution in [0.1, 0.15) is 65.6 Å². The van der Waals surface area contributed by atoms with Crippen molar-refractivity contribution in [2.24, 2.45) is 0 Å². The fourth-order valence-corrected chi connectivity index (χ4v) is 5.70. The number of methoxy groups -OCH3 is 1. The lowest BCUT2D eigenvalue weighted by atomic mass is 9.69. The third-order valence-corrected chi connectivity index (χ3v) is 7.50. The van der Waals surface area contributed by atoms with Crippen LogP contribution >= 0.6 is 0 Å². The minimum atomic E-state index is -1.23. The van der Waals surface area contributed by atoms with Crippen LogP contribution in [0.25, 0.3) is 0 Å². The van der Waals surface area contributed by atoms with Crippen LogP contribution in [0.2, 0.25) is 0 Å². The molecule has 1 aromatic heterocycles. The molecule has 6 rings (SSSR count). The van der Waals surface area contributed by atoms with Gasteiger partial charge in [-0.25, -0.2) is 9.18 Å². The van der Waals surface area contributed by atoms with E-state index in [1.54, 1.807) is 42.5 Å². The quantitative estimate of drug-likeness (QED) is 0.323. The zero-order valence-electron chi connectivity index (χ0n) is 20.4. The number of esters is 1. The fraction of sp³-hybridized carbons (Fsp3) is 0.214. The number of aryl methyl sites for hydroxylation is 2. The first-order valence-corrected chi connectivity index (χ1v) is 12.1. The summed E-state index contributed by atoms with van der Waals surface area (Å²) in [7, 11) is 1.30. The van der Waals surface area contributed by atoms with E-state index in [0.717, 1.165) is 11.1 Å². The van der Waals surface area contributed by atoms with Crippen LogP contribution in [0, 0.1) is 5.82 Å². The number of amides is 2. The van der Waals surface area contributed by atoms with Crippen molar-refractivity contribution in [2.75, 3.05) is 13.7 Å². The highest BCUT2D eigenvalue weighted by molar-refractivity contribution is 6.21. The molecule has 1 aliphatic carbocycles. The Bertz CT molecular complexity index is 1570. The molecule has 0 spiro atoms.